The van der Waals surface area contributed by atoms with E-state index in [1.807, 2.05) is 30.5 Å². The molecular formula is C15H13FOS2. The fourth-order valence-corrected chi connectivity index (χ4v) is 2.81. The maximum absolute atomic E-state index is 13.4. The normalized spacial score (nSPS) is 10.4. The maximum Gasteiger partial charge on any atom is 0.173 e. The Kier molecular flexibility index (Phi) is 5.05. The molecule has 1 nitrogen and oxygen atoms in total. The van der Waals surface area contributed by atoms with E-state index in [2.05, 4.69) is 0 Å². The first-order valence-corrected chi connectivity index (χ1v) is 7.96. The van der Waals surface area contributed by atoms with Crippen LogP contribution in [0.2, 0.25) is 0 Å². The average Bonchev–Trinajstić information content (AvgIpc) is 2.46. The number of rotatable bonds is 5. The van der Waals surface area contributed by atoms with Gasteiger partial charge in [0.05, 0.1) is 5.75 Å². The van der Waals surface area contributed by atoms with Crippen LogP contribution in [0.1, 0.15) is 10.4 Å². The summed E-state index contributed by atoms with van der Waals surface area (Å²) in [6.45, 7) is 0. The van der Waals surface area contributed by atoms with E-state index >= 15 is 0 Å². The molecule has 0 bridgehead atoms. The second kappa shape index (κ2) is 6.78. The number of hydrogen-bond donors (Lipinski definition) is 0. The Morgan fingerprint density at radius 1 is 1.11 bits per heavy atom. The molecule has 0 aliphatic rings. The van der Waals surface area contributed by atoms with Crippen molar-refractivity contribution >= 4 is 29.3 Å². The van der Waals surface area contributed by atoms with Gasteiger partial charge in [0.15, 0.2) is 5.78 Å². The van der Waals surface area contributed by atoms with Gasteiger partial charge >= 0.3 is 0 Å². The number of carbonyl (C=O) groups is 1. The van der Waals surface area contributed by atoms with Gasteiger partial charge in [-0.2, -0.15) is 0 Å². The van der Waals surface area contributed by atoms with Crippen molar-refractivity contribution in [1.82, 2.24) is 0 Å². The van der Waals surface area contributed by atoms with E-state index in [9.17, 15) is 9.18 Å². The lowest BCUT2D eigenvalue weighted by Gasteiger charge is -2.03. The summed E-state index contributed by atoms with van der Waals surface area (Å²) in [5.41, 5.74) is 0.668. The van der Waals surface area contributed by atoms with Crippen molar-refractivity contribution < 1.29 is 9.18 Å². The van der Waals surface area contributed by atoms with Gasteiger partial charge in [-0.15, -0.1) is 23.5 Å². The van der Waals surface area contributed by atoms with E-state index in [0.29, 0.717) is 10.5 Å². The molecule has 4 heteroatoms. The number of thioether (sulfide) groups is 2. The highest BCUT2D eigenvalue weighted by molar-refractivity contribution is 8.00. The van der Waals surface area contributed by atoms with E-state index in [1.165, 1.54) is 17.8 Å². The largest absolute Gasteiger partial charge is 0.293 e. The molecule has 0 N–H and O–H groups in total. The van der Waals surface area contributed by atoms with Gasteiger partial charge in [0.2, 0.25) is 0 Å². The first-order valence-electron chi connectivity index (χ1n) is 5.75. The molecule has 0 unspecified atom stereocenters. The number of ketones is 1. The zero-order chi connectivity index (χ0) is 13.7. The maximum atomic E-state index is 13.4. The summed E-state index contributed by atoms with van der Waals surface area (Å²) in [6.07, 6.45) is 1.99. The van der Waals surface area contributed by atoms with Crippen molar-refractivity contribution in [3.05, 3.63) is 59.9 Å². The van der Waals surface area contributed by atoms with Crippen LogP contribution < -0.4 is 0 Å². The van der Waals surface area contributed by atoms with E-state index in [1.54, 1.807) is 30.0 Å². The zero-order valence-corrected chi connectivity index (χ0v) is 12.1. The van der Waals surface area contributed by atoms with Gasteiger partial charge < -0.3 is 0 Å². The smallest absolute Gasteiger partial charge is 0.173 e. The topological polar surface area (TPSA) is 17.1 Å². The molecule has 0 saturated heterocycles. The summed E-state index contributed by atoms with van der Waals surface area (Å²) in [5.74, 6) is -0.0153. The predicted octanol–water partition coefficient (Wildman–Crippen LogP) is 4.52. The van der Waals surface area contributed by atoms with Crippen molar-refractivity contribution in [2.75, 3.05) is 12.0 Å². The van der Waals surface area contributed by atoms with Crippen LogP contribution in [0.4, 0.5) is 4.39 Å². The molecule has 0 heterocycles. The highest BCUT2D eigenvalue weighted by atomic mass is 32.2. The summed E-state index contributed by atoms with van der Waals surface area (Å²) in [5, 5.41) is 0. The quantitative estimate of drug-likeness (QED) is 0.595. The Morgan fingerprint density at radius 2 is 1.79 bits per heavy atom. The second-order valence-corrected chi connectivity index (χ2v) is 5.77. The molecule has 0 saturated carbocycles. The Morgan fingerprint density at radius 3 is 2.42 bits per heavy atom. The van der Waals surface area contributed by atoms with Crippen molar-refractivity contribution in [2.45, 2.75) is 9.79 Å². The van der Waals surface area contributed by atoms with Crippen molar-refractivity contribution in [2.24, 2.45) is 0 Å². The van der Waals surface area contributed by atoms with Gasteiger partial charge in [-0.25, -0.2) is 4.39 Å². The summed E-state index contributed by atoms with van der Waals surface area (Å²) in [4.78, 5) is 13.6. The van der Waals surface area contributed by atoms with Crippen LogP contribution in [0.3, 0.4) is 0 Å². The van der Waals surface area contributed by atoms with E-state index in [0.717, 1.165) is 4.90 Å². The van der Waals surface area contributed by atoms with Crippen LogP contribution >= 0.6 is 23.5 Å². The molecule has 0 aliphatic carbocycles. The fourth-order valence-electron chi connectivity index (χ4n) is 1.57. The summed E-state index contributed by atoms with van der Waals surface area (Å²) in [7, 11) is 0. The Labute approximate surface area is 120 Å². The standard InChI is InChI=1S/C15H13FOS2/c1-18-12-8-6-11(7-9-12)14(17)10-19-15-5-3-2-4-13(15)16/h2-9H,10H2,1H3. The highest BCUT2D eigenvalue weighted by Gasteiger charge is 2.08. The van der Waals surface area contributed by atoms with Crippen molar-refractivity contribution in [3.63, 3.8) is 0 Å². The van der Waals surface area contributed by atoms with Gasteiger partial charge in [-0.3, -0.25) is 4.79 Å². The molecule has 0 atom stereocenters. The molecule has 0 aliphatic heterocycles. The third kappa shape index (κ3) is 3.85. The number of halogens is 1. The van der Waals surface area contributed by atoms with Crippen LogP contribution in [0.5, 0.6) is 0 Å². The number of carbonyl (C=O) groups excluding carboxylic acids is 1. The fraction of sp³-hybridized carbons (Fsp3) is 0.133. The van der Waals surface area contributed by atoms with E-state index in [-0.39, 0.29) is 17.4 Å². The molecule has 2 aromatic rings. The minimum absolute atomic E-state index is 0.0147. The van der Waals surface area contributed by atoms with Gasteiger partial charge in [-0.1, -0.05) is 24.3 Å². The monoisotopic (exact) mass is 292 g/mol. The number of benzene rings is 2. The molecular weight excluding hydrogens is 279 g/mol. The van der Waals surface area contributed by atoms with Gasteiger partial charge in [0, 0.05) is 15.4 Å². The average molecular weight is 292 g/mol. The second-order valence-electron chi connectivity index (χ2n) is 3.87. The molecule has 0 aromatic heterocycles. The molecule has 98 valence electrons. The molecule has 0 amide bonds. The van der Waals surface area contributed by atoms with Crippen LogP contribution in [-0.2, 0) is 0 Å². The Hall–Kier alpha value is -1.26. The van der Waals surface area contributed by atoms with Gasteiger partial charge in [0.1, 0.15) is 5.82 Å². The Bertz CT molecular complexity index is 567. The first kappa shape index (κ1) is 14.2. The van der Waals surface area contributed by atoms with Crippen LogP contribution in [0.15, 0.2) is 58.3 Å². The zero-order valence-electron chi connectivity index (χ0n) is 10.4. The molecule has 2 rings (SSSR count). The van der Waals surface area contributed by atoms with E-state index in [4.69, 9.17) is 0 Å². The minimum Gasteiger partial charge on any atom is -0.293 e. The van der Waals surface area contributed by atoms with E-state index < -0.39 is 0 Å². The van der Waals surface area contributed by atoms with Crippen molar-refractivity contribution in [1.29, 1.82) is 0 Å². The number of Topliss-reactive ketones (excluding diaryl/α,β-unsaturated/α-hetero) is 1. The third-order valence-electron chi connectivity index (χ3n) is 2.61. The summed E-state index contributed by atoms with van der Waals surface area (Å²) in [6, 6.07) is 14.0. The van der Waals surface area contributed by atoms with Crippen LogP contribution in [-0.4, -0.2) is 17.8 Å². The predicted molar refractivity (Wildman–Crippen MR) is 79.7 cm³/mol. The van der Waals surface area contributed by atoms with Gasteiger partial charge in [-0.05, 0) is 30.5 Å². The lowest BCUT2D eigenvalue weighted by Crippen LogP contribution is -2.02. The summed E-state index contributed by atoms with van der Waals surface area (Å²) >= 11 is 2.87. The summed E-state index contributed by atoms with van der Waals surface area (Å²) < 4.78 is 13.4. The van der Waals surface area contributed by atoms with Crippen molar-refractivity contribution in [3.8, 4) is 0 Å². The lowest BCUT2D eigenvalue weighted by molar-refractivity contribution is 0.102. The number of hydrogen-bond acceptors (Lipinski definition) is 3. The van der Waals surface area contributed by atoms with Crippen LogP contribution in [0, 0.1) is 5.82 Å². The SMILES string of the molecule is CSc1ccc(C(=O)CSc2ccccc2F)cc1. The first-order chi connectivity index (χ1) is 9.20. The molecule has 2 aromatic carbocycles. The van der Waals surface area contributed by atoms with Crippen LogP contribution in [0.25, 0.3) is 0 Å². The lowest BCUT2D eigenvalue weighted by atomic mass is 10.1. The molecule has 19 heavy (non-hydrogen) atoms. The molecule has 0 spiro atoms. The highest BCUT2D eigenvalue weighted by Crippen LogP contribution is 2.22. The Balaban J connectivity index is 1.99. The van der Waals surface area contributed by atoms with Gasteiger partial charge in [0.25, 0.3) is 0 Å². The molecule has 0 fully saturated rings. The molecule has 0 radical (unpaired) electrons. The minimum atomic E-state index is -0.280. The third-order valence-corrected chi connectivity index (χ3v) is 4.40.